The molecule has 6 heterocycles. The van der Waals surface area contributed by atoms with Crippen molar-refractivity contribution >= 4 is 29.3 Å². The fourth-order valence-electron chi connectivity index (χ4n) is 5.17. The summed E-state index contributed by atoms with van der Waals surface area (Å²) in [4.78, 5) is 47.9. The van der Waals surface area contributed by atoms with Crippen LogP contribution in [0.15, 0.2) is 49.6 Å². The molecule has 1 aliphatic heterocycles. The van der Waals surface area contributed by atoms with Gasteiger partial charge in [0.15, 0.2) is 5.82 Å². The lowest BCUT2D eigenvalue weighted by molar-refractivity contribution is -0.151. The number of fused-ring (bicyclic) bond motifs is 1. The number of anilines is 2. The number of nitrogens with one attached hydrogen (secondary N) is 2. The van der Waals surface area contributed by atoms with Crippen molar-refractivity contribution in [3.8, 4) is 35.4 Å². The largest absolute Gasteiger partial charge is 0.481 e. The van der Waals surface area contributed by atoms with Gasteiger partial charge in [-0.1, -0.05) is 0 Å². The maximum Gasteiger partial charge on any atom is 0.313 e. The first-order valence-electron chi connectivity index (χ1n) is 16.5. The predicted molar refractivity (Wildman–Crippen MR) is 198 cm³/mol. The van der Waals surface area contributed by atoms with Crippen LogP contribution in [-0.2, 0) is 32.8 Å². The van der Waals surface area contributed by atoms with Crippen molar-refractivity contribution in [2.45, 2.75) is 46.2 Å². The molecule has 5 aromatic rings. The molecule has 290 valence electrons. The van der Waals surface area contributed by atoms with Gasteiger partial charge in [-0.25, -0.2) is 39.3 Å². The van der Waals surface area contributed by atoms with E-state index >= 15 is 0 Å². The molecule has 0 saturated carbocycles. The predicted octanol–water partition coefficient (Wildman–Crippen LogP) is 1.86. The van der Waals surface area contributed by atoms with Gasteiger partial charge in [-0.15, -0.1) is 0 Å². The highest BCUT2D eigenvalue weighted by molar-refractivity contribution is 6.06. The molecule has 1 aliphatic rings. The molecule has 0 bridgehead atoms. The van der Waals surface area contributed by atoms with E-state index in [1.807, 2.05) is 0 Å². The fraction of sp³-hybridized carbons (Fsp3) is 0.343. The molecule has 0 aliphatic carbocycles. The molecule has 6 N–H and O–H groups in total. The van der Waals surface area contributed by atoms with Crippen molar-refractivity contribution < 1.29 is 23.8 Å². The first-order valence-corrected chi connectivity index (χ1v) is 16.5. The minimum Gasteiger partial charge on any atom is -0.481 e. The summed E-state index contributed by atoms with van der Waals surface area (Å²) in [5, 5.41) is 35.8. The van der Waals surface area contributed by atoms with Crippen molar-refractivity contribution in [2.24, 2.45) is 17.1 Å². The lowest BCUT2D eigenvalue weighted by atomic mass is 9.81. The molecule has 0 fully saturated rings. The van der Waals surface area contributed by atoms with Crippen LogP contribution < -0.4 is 26.3 Å². The number of ether oxygens (including phenoxy) is 3. The van der Waals surface area contributed by atoms with Gasteiger partial charge >= 0.3 is 5.97 Å². The van der Waals surface area contributed by atoms with Gasteiger partial charge in [-0.3, -0.25) is 15.0 Å². The maximum atomic E-state index is 12.2. The standard InChI is InChI=1S/C17H18N8O2.C10H12N6O.C8H10N2O2/c1-17(2)12-13(18)21-14(22-15(12)23-16(17)26)10-4-11(27-3)25(24-10)7-9-5-19-8-20-6-9;1-17-9-2-8(10(11)12)15-16(9)5-7-3-13-6-14-4-7;1-8(2,7(11)12-3)6(4-9)5-10/h4-6,8H,7H2,1-3H3,(H3,18,21,22,23,26);2-4,6H,5H2,1H3,(H3,11,12);6H,1-3H3. The summed E-state index contributed by atoms with van der Waals surface area (Å²) in [6.45, 7) is 7.48. The Balaban J connectivity index is 0.000000206. The molecule has 56 heavy (non-hydrogen) atoms. The average Bonchev–Trinajstić information content (AvgIpc) is 3.85. The molecular formula is C35H40N16O5. The number of amides is 1. The summed E-state index contributed by atoms with van der Waals surface area (Å²) >= 11 is 0. The number of nitrogen functional groups attached to an aromatic ring is 2. The maximum absolute atomic E-state index is 12.2. The molecule has 0 radical (unpaired) electrons. The number of rotatable bonds is 10. The number of nitrogens with zero attached hydrogens (tertiary/aromatic N) is 12. The Kier molecular flexibility index (Phi) is 12.9. The first kappa shape index (κ1) is 41.2. The van der Waals surface area contributed by atoms with Gasteiger partial charge in [0.25, 0.3) is 0 Å². The normalized spacial score (nSPS) is 12.4. The average molecular weight is 765 g/mol. The molecule has 0 saturated heterocycles. The van der Waals surface area contributed by atoms with E-state index < -0.39 is 22.7 Å². The molecule has 6 rings (SSSR count). The summed E-state index contributed by atoms with van der Waals surface area (Å²) in [5.41, 5.74) is 12.9. The Morgan fingerprint density at radius 1 is 0.929 bits per heavy atom. The Bertz CT molecular complexity index is 2260. The summed E-state index contributed by atoms with van der Waals surface area (Å²) < 4.78 is 18.3. The topological polar surface area (TPSA) is 310 Å². The van der Waals surface area contributed by atoms with E-state index in [1.54, 1.807) is 86.5 Å². The summed E-state index contributed by atoms with van der Waals surface area (Å²) in [6.07, 6.45) is 9.73. The van der Waals surface area contributed by atoms with E-state index in [1.165, 1.54) is 33.6 Å². The quantitative estimate of drug-likeness (QED) is 0.0895. The van der Waals surface area contributed by atoms with Gasteiger partial charge < -0.3 is 31.0 Å². The zero-order valence-corrected chi connectivity index (χ0v) is 31.7. The second-order valence-corrected chi connectivity index (χ2v) is 13.0. The van der Waals surface area contributed by atoms with Crippen LogP contribution in [0.2, 0.25) is 0 Å². The Labute approximate surface area is 321 Å². The monoisotopic (exact) mass is 764 g/mol. The zero-order valence-electron chi connectivity index (χ0n) is 31.7. The van der Waals surface area contributed by atoms with E-state index in [0.29, 0.717) is 53.4 Å². The number of carbonyl (C=O) groups excluding carboxylic acids is 2. The van der Waals surface area contributed by atoms with Crippen LogP contribution in [0.3, 0.4) is 0 Å². The first-order chi connectivity index (χ1) is 26.6. The third kappa shape index (κ3) is 9.14. The minimum absolute atomic E-state index is 0.0913. The SMILES string of the molecule is COC(=O)C(C)(C)C(C#N)C#N.COc1cc(-c2nc(N)c3c(n2)NC(=O)C3(C)C)nn1Cc1cncnc1.COc1cc(C(=N)N)nn1Cc1cncnc1. The molecule has 21 nitrogen and oxygen atoms in total. The van der Waals surface area contributed by atoms with Crippen molar-refractivity contribution in [1.29, 1.82) is 15.9 Å². The highest BCUT2D eigenvalue weighted by Gasteiger charge is 2.42. The van der Waals surface area contributed by atoms with Crippen LogP contribution in [-0.4, -0.2) is 88.5 Å². The molecule has 5 aromatic heterocycles. The molecule has 21 heteroatoms. The summed E-state index contributed by atoms with van der Waals surface area (Å²) in [5.74, 6) is 0.279. The zero-order chi connectivity index (χ0) is 41.2. The smallest absolute Gasteiger partial charge is 0.313 e. The Morgan fingerprint density at radius 3 is 1.93 bits per heavy atom. The summed E-state index contributed by atoms with van der Waals surface area (Å²) in [7, 11) is 4.33. The summed E-state index contributed by atoms with van der Waals surface area (Å²) in [6, 6.07) is 6.82. The van der Waals surface area contributed by atoms with E-state index in [2.05, 4.69) is 50.2 Å². The van der Waals surface area contributed by atoms with Crippen molar-refractivity contribution in [3.63, 3.8) is 0 Å². The second-order valence-electron chi connectivity index (χ2n) is 13.0. The number of hydrogen-bond acceptors (Lipinski definition) is 17. The van der Waals surface area contributed by atoms with Gasteiger partial charge in [0.05, 0.1) is 63.0 Å². The van der Waals surface area contributed by atoms with Gasteiger partial charge in [-0.2, -0.15) is 20.7 Å². The molecule has 1 amide bonds. The number of methoxy groups -OCH3 is 3. The highest BCUT2D eigenvalue weighted by atomic mass is 16.5. The molecular weight excluding hydrogens is 724 g/mol. The van der Waals surface area contributed by atoms with Crippen LogP contribution in [0.25, 0.3) is 11.5 Å². The number of nitrogens with two attached hydrogens (primary N) is 2. The van der Waals surface area contributed by atoms with Crippen LogP contribution in [0.4, 0.5) is 11.6 Å². The fourth-order valence-corrected chi connectivity index (χ4v) is 5.17. The van der Waals surface area contributed by atoms with Gasteiger partial charge in [0.2, 0.25) is 17.7 Å². The van der Waals surface area contributed by atoms with E-state index in [-0.39, 0.29) is 17.6 Å². The van der Waals surface area contributed by atoms with E-state index in [9.17, 15) is 9.59 Å². The number of amidine groups is 1. The van der Waals surface area contributed by atoms with Crippen LogP contribution in [0, 0.1) is 39.4 Å². The molecule has 0 unspecified atom stereocenters. The third-order valence-electron chi connectivity index (χ3n) is 8.36. The highest BCUT2D eigenvalue weighted by Crippen LogP contribution is 2.40. The van der Waals surface area contributed by atoms with Crippen molar-refractivity contribution in [1.82, 2.24) is 49.5 Å². The van der Waals surface area contributed by atoms with Crippen LogP contribution in [0.1, 0.15) is 50.1 Å². The Hall–Kier alpha value is -7.55. The minimum atomic E-state index is -1.06. The number of esters is 1. The van der Waals surface area contributed by atoms with Gasteiger partial charge in [0.1, 0.15) is 47.4 Å². The third-order valence-corrected chi connectivity index (χ3v) is 8.36. The number of carbonyl (C=O) groups is 2. The number of hydrogen-bond donors (Lipinski definition) is 4. The molecule has 0 spiro atoms. The van der Waals surface area contributed by atoms with Gasteiger partial charge in [0, 0.05) is 48.0 Å². The van der Waals surface area contributed by atoms with Gasteiger partial charge in [-0.05, 0) is 27.7 Å². The number of nitriles is 2. The second kappa shape index (κ2) is 17.5. The number of aromatic nitrogens is 10. The van der Waals surface area contributed by atoms with E-state index in [0.717, 1.165) is 11.1 Å². The lowest BCUT2D eigenvalue weighted by Crippen LogP contribution is -2.32. The van der Waals surface area contributed by atoms with E-state index in [4.69, 9.17) is 36.9 Å². The Morgan fingerprint density at radius 2 is 1.45 bits per heavy atom. The molecule has 0 atom stereocenters. The van der Waals surface area contributed by atoms with Crippen molar-refractivity contribution in [2.75, 3.05) is 32.4 Å². The van der Waals surface area contributed by atoms with Crippen molar-refractivity contribution in [3.05, 3.63) is 72.0 Å². The molecule has 0 aromatic carbocycles. The van der Waals surface area contributed by atoms with Crippen LogP contribution >= 0.6 is 0 Å². The van der Waals surface area contributed by atoms with Crippen LogP contribution in [0.5, 0.6) is 11.8 Å². The lowest BCUT2D eigenvalue weighted by Gasteiger charge is -2.21.